The summed E-state index contributed by atoms with van der Waals surface area (Å²) in [6.45, 7) is 2.02. The van der Waals surface area contributed by atoms with E-state index < -0.39 is 17.7 Å². The van der Waals surface area contributed by atoms with Crippen molar-refractivity contribution in [2.24, 2.45) is 0 Å². The maximum absolute atomic E-state index is 13.5. The molecule has 0 spiro atoms. The minimum absolute atomic E-state index is 0.134. The predicted octanol–water partition coefficient (Wildman–Crippen LogP) is 3.81. The van der Waals surface area contributed by atoms with Crippen molar-refractivity contribution in [1.82, 2.24) is 0 Å². The first-order valence-electron chi connectivity index (χ1n) is 6.72. The van der Waals surface area contributed by atoms with Crippen molar-refractivity contribution in [1.29, 1.82) is 0 Å². The van der Waals surface area contributed by atoms with Gasteiger partial charge in [0.1, 0.15) is 11.6 Å². The minimum Gasteiger partial charge on any atom is -0.393 e. The number of benzene rings is 2. The van der Waals surface area contributed by atoms with Crippen LogP contribution < -0.4 is 0 Å². The molecule has 20 heavy (non-hydrogen) atoms. The number of hydrogen-bond acceptors (Lipinski definition) is 1. The van der Waals surface area contributed by atoms with Crippen molar-refractivity contribution in [3.8, 4) is 0 Å². The molecule has 0 saturated heterocycles. The van der Waals surface area contributed by atoms with Gasteiger partial charge < -0.3 is 5.11 Å². The van der Waals surface area contributed by atoms with Gasteiger partial charge in [-0.1, -0.05) is 29.8 Å². The van der Waals surface area contributed by atoms with Crippen molar-refractivity contribution < 1.29 is 13.9 Å². The Balaban J connectivity index is 1.90. The Kier molecular flexibility index (Phi) is 4.85. The lowest BCUT2D eigenvalue weighted by atomic mass is 10.0. The average Bonchev–Trinajstić information content (AvgIpc) is 2.42. The van der Waals surface area contributed by atoms with Crippen LogP contribution in [0.25, 0.3) is 0 Å². The fourth-order valence-electron chi connectivity index (χ4n) is 2.14. The minimum atomic E-state index is -0.674. The van der Waals surface area contributed by atoms with Gasteiger partial charge in [0, 0.05) is 6.42 Å². The molecule has 1 nitrogen and oxygen atoms in total. The summed E-state index contributed by atoms with van der Waals surface area (Å²) in [5.74, 6) is -0.951. The molecule has 3 heteroatoms. The normalized spacial score (nSPS) is 12.4. The standard InChI is InChI=1S/C17H18F2O/c1-12-2-4-13(5-3-12)6-8-16(20)11-14-10-15(18)7-9-17(14)19/h2-5,7,9-10,16,20H,6,8,11H2,1H3. The van der Waals surface area contributed by atoms with Crippen LogP contribution in [-0.2, 0) is 12.8 Å². The Morgan fingerprint density at radius 2 is 1.75 bits per heavy atom. The van der Waals surface area contributed by atoms with E-state index in [2.05, 4.69) is 0 Å². The van der Waals surface area contributed by atoms with Crippen molar-refractivity contribution in [2.45, 2.75) is 32.3 Å². The molecule has 1 atom stereocenters. The highest BCUT2D eigenvalue weighted by molar-refractivity contribution is 5.22. The van der Waals surface area contributed by atoms with Gasteiger partial charge >= 0.3 is 0 Å². The molecule has 0 aliphatic carbocycles. The van der Waals surface area contributed by atoms with Crippen LogP contribution in [0.5, 0.6) is 0 Å². The maximum atomic E-state index is 13.5. The van der Waals surface area contributed by atoms with Crippen molar-refractivity contribution in [2.75, 3.05) is 0 Å². The van der Waals surface area contributed by atoms with Crippen molar-refractivity contribution in [3.63, 3.8) is 0 Å². The summed E-state index contributed by atoms with van der Waals surface area (Å²) in [5, 5.41) is 9.94. The van der Waals surface area contributed by atoms with E-state index in [1.165, 1.54) is 5.56 Å². The molecule has 0 aliphatic heterocycles. The molecular formula is C17H18F2O. The van der Waals surface area contributed by atoms with E-state index in [0.29, 0.717) is 6.42 Å². The van der Waals surface area contributed by atoms with Crippen LogP contribution in [0, 0.1) is 18.6 Å². The highest BCUT2D eigenvalue weighted by Crippen LogP contribution is 2.15. The second-order valence-electron chi connectivity index (χ2n) is 5.12. The molecule has 0 heterocycles. The maximum Gasteiger partial charge on any atom is 0.126 e. The van der Waals surface area contributed by atoms with Crippen LogP contribution in [0.1, 0.15) is 23.1 Å². The Bertz CT molecular complexity index is 564. The highest BCUT2D eigenvalue weighted by atomic mass is 19.1. The lowest BCUT2D eigenvalue weighted by Gasteiger charge is -2.11. The number of halogens is 2. The molecule has 2 rings (SSSR count). The molecule has 0 aliphatic rings. The van der Waals surface area contributed by atoms with Crippen LogP contribution >= 0.6 is 0 Å². The predicted molar refractivity (Wildman–Crippen MR) is 75.6 cm³/mol. The summed E-state index contributed by atoms with van der Waals surface area (Å²) in [5.41, 5.74) is 2.55. The largest absolute Gasteiger partial charge is 0.393 e. The van der Waals surface area contributed by atoms with E-state index in [9.17, 15) is 13.9 Å². The summed E-state index contributed by atoms with van der Waals surface area (Å²) in [6.07, 6.45) is 0.708. The van der Waals surface area contributed by atoms with Crippen LogP contribution in [0.4, 0.5) is 8.78 Å². The molecule has 2 aromatic carbocycles. The van der Waals surface area contributed by atoms with Crippen LogP contribution in [0.3, 0.4) is 0 Å². The van der Waals surface area contributed by atoms with Gasteiger partial charge in [-0.3, -0.25) is 0 Å². The molecule has 1 N–H and O–H groups in total. The number of hydrogen-bond donors (Lipinski definition) is 1. The topological polar surface area (TPSA) is 20.2 Å². The zero-order valence-electron chi connectivity index (χ0n) is 11.4. The summed E-state index contributed by atoms with van der Waals surface area (Å²) in [7, 11) is 0. The van der Waals surface area contributed by atoms with Crippen LogP contribution in [0.15, 0.2) is 42.5 Å². The fourth-order valence-corrected chi connectivity index (χ4v) is 2.14. The van der Waals surface area contributed by atoms with Crippen LogP contribution in [0.2, 0.25) is 0 Å². The Morgan fingerprint density at radius 3 is 2.45 bits per heavy atom. The van der Waals surface area contributed by atoms with Gasteiger partial charge in [-0.05, 0) is 49.1 Å². The third-order valence-corrected chi connectivity index (χ3v) is 3.35. The van der Waals surface area contributed by atoms with Crippen molar-refractivity contribution in [3.05, 3.63) is 70.8 Å². The lowest BCUT2D eigenvalue weighted by molar-refractivity contribution is 0.164. The summed E-state index contributed by atoms with van der Waals surface area (Å²) in [6, 6.07) is 11.4. The lowest BCUT2D eigenvalue weighted by Crippen LogP contribution is -2.13. The molecular weight excluding hydrogens is 258 g/mol. The highest BCUT2D eigenvalue weighted by Gasteiger charge is 2.10. The van der Waals surface area contributed by atoms with E-state index in [1.807, 2.05) is 31.2 Å². The first-order valence-corrected chi connectivity index (χ1v) is 6.72. The van der Waals surface area contributed by atoms with E-state index in [-0.39, 0.29) is 12.0 Å². The van der Waals surface area contributed by atoms with Gasteiger partial charge in [-0.15, -0.1) is 0 Å². The average molecular weight is 276 g/mol. The number of aliphatic hydroxyl groups excluding tert-OH is 1. The monoisotopic (exact) mass is 276 g/mol. The van der Waals surface area contributed by atoms with Crippen molar-refractivity contribution >= 4 is 0 Å². The SMILES string of the molecule is Cc1ccc(CCC(O)Cc2cc(F)ccc2F)cc1. The van der Waals surface area contributed by atoms with E-state index >= 15 is 0 Å². The molecule has 0 amide bonds. The van der Waals surface area contributed by atoms with Gasteiger partial charge in [0.05, 0.1) is 6.10 Å². The zero-order chi connectivity index (χ0) is 14.5. The number of aliphatic hydroxyl groups is 1. The molecule has 0 saturated carbocycles. The third-order valence-electron chi connectivity index (χ3n) is 3.35. The molecule has 106 valence electrons. The fraction of sp³-hybridized carbons (Fsp3) is 0.294. The Hall–Kier alpha value is -1.74. The molecule has 2 aromatic rings. The molecule has 0 fully saturated rings. The summed E-state index contributed by atoms with van der Waals surface area (Å²) in [4.78, 5) is 0. The van der Waals surface area contributed by atoms with Gasteiger partial charge in [0.15, 0.2) is 0 Å². The zero-order valence-corrected chi connectivity index (χ0v) is 11.4. The molecule has 0 aromatic heterocycles. The third kappa shape index (κ3) is 4.14. The summed E-state index contributed by atoms with van der Waals surface area (Å²) >= 11 is 0. The number of rotatable bonds is 5. The van der Waals surface area contributed by atoms with E-state index in [1.54, 1.807) is 0 Å². The second kappa shape index (κ2) is 6.62. The smallest absolute Gasteiger partial charge is 0.126 e. The molecule has 1 unspecified atom stereocenters. The van der Waals surface area contributed by atoms with Gasteiger partial charge in [-0.25, -0.2) is 8.78 Å². The Labute approximate surface area is 117 Å². The van der Waals surface area contributed by atoms with Crippen LogP contribution in [-0.4, -0.2) is 11.2 Å². The van der Waals surface area contributed by atoms with Gasteiger partial charge in [0.25, 0.3) is 0 Å². The summed E-state index contributed by atoms with van der Waals surface area (Å²) < 4.78 is 26.5. The molecule has 0 radical (unpaired) electrons. The van der Waals surface area contributed by atoms with E-state index in [4.69, 9.17) is 0 Å². The first kappa shape index (κ1) is 14.7. The van der Waals surface area contributed by atoms with Gasteiger partial charge in [0.2, 0.25) is 0 Å². The molecule has 0 bridgehead atoms. The number of aryl methyl sites for hydroxylation is 2. The van der Waals surface area contributed by atoms with Gasteiger partial charge in [-0.2, -0.15) is 0 Å². The Morgan fingerprint density at radius 1 is 1.05 bits per heavy atom. The van der Waals surface area contributed by atoms with E-state index in [0.717, 1.165) is 30.2 Å². The quantitative estimate of drug-likeness (QED) is 0.880. The second-order valence-corrected chi connectivity index (χ2v) is 5.12. The first-order chi connectivity index (χ1) is 9.54.